The third-order valence-electron chi connectivity index (χ3n) is 8.55. The third-order valence-corrected chi connectivity index (χ3v) is 8.83. The minimum Gasteiger partial charge on any atom is -0.366 e. The van der Waals surface area contributed by atoms with Crippen LogP contribution in [-0.4, -0.2) is 62.2 Å². The van der Waals surface area contributed by atoms with Gasteiger partial charge in [0.15, 0.2) is 0 Å². The van der Waals surface area contributed by atoms with E-state index in [1.807, 2.05) is 6.21 Å². The maximum atomic E-state index is 13.4. The van der Waals surface area contributed by atoms with Gasteiger partial charge in [-0.3, -0.25) is 15.1 Å². The topological polar surface area (TPSA) is 66.0 Å². The first kappa shape index (κ1) is 25.9. The lowest BCUT2D eigenvalue weighted by molar-refractivity contribution is -0.136. The maximum absolute atomic E-state index is 13.4. The SMILES string of the molecule is COC1NC2N=CCC2CC1C(=O)N[C@@H](CN1CCC(C2C=CC(Cl)=CC2)C(C)(C)C1)C(C)C. The minimum absolute atomic E-state index is 0.0870. The van der Waals surface area contributed by atoms with E-state index in [-0.39, 0.29) is 35.7 Å². The van der Waals surface area contributed by atoms with E-state index in [2.05, 4.69) is 66.4 Å². The molecule has 6 nitrogen and oxygen atoms in total. The predicted octanol–water partition coefficient (Wildman–Crippen LogP) is 4.17. The number of methoxy groups -OCH3 is 1. The van der Waals surface area contributed by atoms with Gasteiger partial charge in [-0.25, -0.2) is 0 Å². The van der Waals surface area contributed by atoms with Crippen LogP contribution in [0.25, 0.3) is 0 Å². The molecule has 1 amide bonds. The maximum Gasteiger partial charge on any atom is 0.227 e. The van der Waals surface area contributed by atoms with Gasteiger partial charge in [-0.2, -0.15) is 0 Å². The number of nitrogens with zero attached hydrogens (tertiary/aromatic N) is 2. The average Bonchev–Trinajstić information content (AvgIpc) is 3.25. The van der Waals surface area contributed by atoms with E-state index in [0.29, 0.717) is 23.7 Å². The van der Waals surface area contributed by atoms with Crippen LogP contribution in [-0.2, 0) is 9.53 Å². The van der Waals surface area contributed by atoms with Crippen molar-refractivity contribution in [1.82, 2.24) is 15.5 Å². The minimum atomic E-state index is -0.287. The molecule has 0 spiro atoms. The number of hydrogen-bond donors (Lipinski definition) is 2. The van der Waals surface area contributed by atoms with Crippen molar-refractivity contribution in [3.05, 3.63) is 23.3 Å². The van der Waals surface area contributed by atoms with Gasteiger partial charge >= 0.3 is 0 Å². The summed E-state index contributed by atoms with van der Waals surface area (Å²) < 4.78 is 5.65. The van der Waals surface area contributed by atoms with Crippen LogP contribution in [0.4, 0.5) is 0 Å². The van der Waals surface area contributed by atoms with Crippen LogP contribution in [0.3, 0.4) is 0 Å². The Hall–Kier alpha value is -1.21. The van der Waals surface area contributed by atoms with Gasteiger partial charge in [-0.05, 0) is 61.5 Å². The van der Waals surface area contributed by atoms with Gasteiger partial charge in [-0.1, -0.05) is 51.4 Å². The number of allylic oxidation sites excluding steroid dienone is 4. The Balaban J connectivity index is 1.35. The van der Waals surface area contributed by atoms with Crippen molar-refractivity contribution < 1.29 is 9.53 Å². The quantitative estimate of drug-likeness (QED) is 0.562. The summed E-state index contributed by atoms with van der Waals surface area (Å²) in [5.74, 6) is 1.87. The van der Waals surface area contributed by atoms with E-state index >= 15 is 0 Å². The average molecular weight is 491 g/mol. The summed E-state index contributed by atoms with van der Waals surface area (Å²) in [7, 11) is 1.67. The molecule has 0 aromatic rings. The second-order valence-electron chi connectivity index (χ2n) is 11.8. The highest BCUT2D eigenvalue weighted by atomic mass is 35.5. The van der Waals surface area contributed by atoms with E-state index in [4.69, 9.17) is 16.3 Å². The summed E-state index contributed by atoms with van der Waals surface area (Å²) in [5, 5.41) is 7.69. The van der Waals surface area contributed by atoms with E-state index in [0.717, 1.165) is 43.9 Å². The van der Waals surface area contributed by atoms with Crippen LogP contribution in [0.5, 0.6) is 0 Å². The lowest BCUT2D eigenvalue weighted by Gasteiger charge is -2.48. The molecule has 2 fully saturated rings. The molecule has 7 heteroatoms. The number of piperidine rings is 2. The summed E-state index contributed by atoms with van der Waals surface area (Å²) in [4.78, 5) is 20.5. The standard InChI is InChI=1S/C27H43ClN4O2/c1-17(2)23(30-25(33)21-14-19-10-12-29-24(19)31-26(21)34-5)15-32-13-11-22(27(3,4)16-32)18-6-8-20(28)9-7-18/h6,8-9,12,17-19,21-24,26,31H,7,10-11,13-16H2,1-5H3,(H,30,33)/t18?,19?,21?,22?,23-,24?,26?/m0/s1. The molecule has 4 aliphatic rings. The first-order valence-electron chi connectivity index (χ1n) is 13.0. The molecule has 2 N–H and O–H groups in total. The number of nitrogens with one attached hydrogen (secondary N) is 2. The number of carbonyl (C=O) groups excluding carboxylic acids is 1. The number of fused-ring (bicyclic) bond motifs is 1. The second-order valence-corrected chi connectivity index (χ2v) is 12.2. The Morgan fingerprint density at radius 2 is 2.18 bits per heavy atom. The molecule has 0 saturated carbocycles. The first-order chi connectivity index (χ1) is 16.2. The number of amides is 1. The van der Waals surface area contributed by atoms with Gasteiger partial charge in [0.05, 0.1) is 5.92 Å². The van der Waals surface area contributed by atoms with Crippen molar-refractivity contribution in [2.75, 3.05) is 26.7 Å². The molecule has 0 bridgehead atoms. The zero-order valence-electron chi connectivity index (χ0n) is 21.5. The van der Waals surface area contributed by atoms with Gasteiger partial charge in [0.1, 0.15) is 12.4 Å². The fraction of sp³-hybridized carbons (Fsp3) is 0.778. The molecule has 0 aromatic heterocycles. The Morgan fingerprint density at radius 1 is 1.38 bits per heavy atom. The molecule has 190 valence electrons. The molecule has 2 saturated heterocycles. The van der Waals surface area contributed by atoms with E-state index in [1.54, 1.807) is 7.11 Å². The van der Waals surface area contributed by atoms with Crippen molar-refractivity contribution in [3.63, 3.8) is 0 Å². The van der Waals surface area contributed by atoms with Gasteiger partial charge < -0.3 is 15.0 Å². The van der Waals surface area contributed by atoms with Crippen molar-refractivity contribution in [2.24, 2.45) is 40.0 Å². The predicted molar refractivity (Wildman–Crippen MR) is 139 cm³/mol. The number of rotatable bonds is 7. The molecule has 6 unspecified atom stereocenters. The summed E-state index contributed by atoms with van der Waals surface area (Å²) in [6, 6.07) is 0.117. The van der Waals surface area contributed by atoms with Crippen molar-refractivity contribution in [1.29, 1.82) is 0 Å². The highest BCUT2D eigenvalue weighted by Crippen LogP contribution is 2.43. The zero-order chi connectivity index (χ0) is 24.5. The summed E-state index contributed by atoms with van der Waals surface area (Å²) in [5.41, 5.74) is 0.211. The highest BCUT2D eigenvalue weighted by Gasteiger charge is 2.43. The molecule has 3 aliphatic heterocycles. The van der Waals surface area contributed by atoms with Crippen LogP contribution >= 0.6 is 11.6 Å². The smallest absolute Gasteiger partial charge is 0.227 e. The molecule has 0 aromatic carbocycles. The van der Waals surface area contributed by atoms with Gasteiger partial charge in [-0.15, -0.1) is 0 Å². The van der Waals surface area contributed by atoms with E-state index in [1.165, 1.54) is 6.42 Å². The Kier molecular flexibility index (Phi) is 8.23. The third kappa shape index (κ3) is 5.77. The van der Waals surface area contributed by atoms with Crippen LogP contribution in [0.2, 0.25) is 0 Å². The van der Waals surface area contributed by atoms with Crippen LogP contribution in [0.15, 0.2) is 28.3 Å². The number of ether oxygens (including phenoxy) is 1. The summed E-state index contributed by atoms with van der Waals surface area (Å²) >= 11 is 6.16. The van der Waals surface area contributed by atoms with Crippen molar-refractivity contribution in [3.8, 4) is 0 Å². The molecule has 7 atom stereocenters. The van der Waals surface area contributed by atoms with Crippen LogP contribution in [0.1, 0.15) is 53.4 Å². The van der Waals surface area contributed by atoms with Crippen molar-refractivity contribution >= 4 is 23.7 Å². The van der Waals surface area contributed by atoms with Gasteiger partial charge in [0.2, 0.25) is 5.91 Å². The molecule has 0 radical (unpaired) electrons. The molecule has 3 heterocycles. The van der Waals surface area contributed by atoms with E-state index in [9.17, 15) is 4.79 Å². The number of halogens is 1. The molecule has 34 heavy (non-hydrogen) atoms. The number of likely N-dealkylation sites (tertiary alicyclic amines) is 1. The fourth-order valence-corrected chi connectivity index (χ4v) is 6.67. The molecular formula is C27H43ClN4O2. The Labute approximate surface area is 210 Å². The van der Waals surface area contributed by atoms with Gasteiger partial charge in [0.25, 0.3) is 0 Å². The first-order valence-corrected chi connectivity index (χ1v) is 13.4. The Morgan fingerprint density at radius 3 is 2.82 bits per heavy atom. The van der Waals surface area contributed by atoms with Gasteiger partial charge in [0, 0.05) is 43.4 Å². The number of hydrogen-bond acceptors (Lipinski definition) is 5. The largest absolute Gasteiger partial charge is 0.366 e. The summed E-state index contributed by atoms with van der Waals surface area (Å²) in [6.07, 6.45) is 12.3. The Bertz CT molecular complexity index is 823. The fourth-order valence-electron chi connectivity index (χ4n) is 6.51. The van der Waals surface area contributed by atoms with E-state index < -0.39 is 0 Å². The van der Waals surface area contributed by atoms with Crippen molar-refractivity contribution in [2.45, 2.75) is 71.8 Å². The molecule has 1 aliphatic carbocycles. The molecule has 4 rings (SSSR count). The highest BCUT2D eigenvalue weighted by molar-refractivity contribution is 6.31. The summed E-state index contributed by atoms with van der Waals surface area (Å²) in [6.45, 7) is 12.2. The lowest BCUT2D eigenvalue weighted by Crippen LogP contribution is -2.58. The molecular weight excluding hydrogens is 448 g/mol. The number of carbonyl (C=O) groups is 1. The normalized spacial score (nSPS) is 36.3. The monoisotopic (exact) mass is 490 g/mol. The number of aliphatic imine (C=N–C) groups is 1. The van der Waals surface area contributed by atoms with Crippen LogP contribution < -0.4 is 10.6 Å². The second kappa shape index (κ2) is 10.8. The lowest BCUT2D eigenvalue weighted by atomic mass is 9.66. The zero-order valence-corrected chi connectivity index (χ0v) is 22.2. The van der Waals surface area contributed by atoms with Crippen LogP contribution in [0, 0.1) is 35.0 Å².